The number of likely N-dealkylation sites (tertiary alicyclic amines) is 1. The zero-order valence-corrected chi connectivity index (χ0v) is 11.8. The van der Waals surface area contributed by atoms with Gasteiger partial charge >= 0.3 is 0 Å². The number of hydrogen-bond donors (Lipinski definition) is 0. The van der Waals surface area contributed by atoms with Crippen LogP contribution in [0.3, 0.4) is 0 Å². The van der Waals surface area contributed by atoms with Crippen molar-refractivity contribution >= 4 is 5.71 Å². The van der Waals surface area contributed by atoms with E-state index in [9.17, 15) is 0 Å². The first-order valence-electron chi connectivity index (χ1n) is 7.09. The van der Waals surface area contributed by atoms with Crippen LogP contribution in [0.5, 0.6) is 0 Å². The summed E-state index contributed by atoms with van der Waals surface area (Å²) >= 11 is 0. The molecule has 1 aromatic heterocycles. The second-order valence-corrected chi connectivity index (χ2v) is 5.66. The maximum Gasteiger partial charge on any atom is 0.124 e. The van der Waals surface area contributed by atoms with Crippen molar-refractivity contribution in [3.63, 3.8) is 0 Å². The first kappa shape index (κ1) is 12.5. The lowest BCUT2D eigenvalue weighted by Gasteiger charge is -2.38. The minimum atomic E-state index is 0.280. The highest BCUT2D eigenvalue weighted by atomic mass is 15.3. The normalized spacial score (nSPS) is 24.1. The monoisotopic (exact) mass is 255 g/mol. The summed E-state index contributed by atoms with van der Waals surface area (Å²) in [5, 5.41) is 0. The average Bonchev–Trinajstić information content (AvgIpc) is 2.41. The number of aromatic nitrogens is 1. The van der Waals surface area contributed by atoms with Crippen molar-refractivity contribution < 1.29 is 0 Å². The van der Waals surface area contributed by atoms with Gasteiger partial charge in [0.25, 0.3) is 0 Å². The summed E-state index contributed by atoms with van der Waals surface area (Å²) in [7, 11) is 0. The van der Waals surface area contributed by atoms with Crippen LogP contribution in [0.15, 0.2) is 40.7 Å². The van der Waals surface area contributed by atoms with Gasteiger partial charge in [-0.15, -0.1) is 0 Å². The van der Waals surface area contributed by atoms with Gasteiger partial charge in [0.15, 0.2) is 0 Å². The zero-order valence-electron chi connectivity index (χ0n) is 11.8. The van der Waals surface area contributed by atoms with Gasteiger partial charge in [-0.1, -0.05) is 11.6 Å². The smallest absolute Gasteiger partial charge is 0.124 e. The van der Waals surface area contributed by atoms with Crippen molar-refractivity contribution in [2.24, 2.45) is 4.99 Å². The Morgan fingerprint density at radius 3 is 3.05 bits per heavy atom. The molecule has 2 aliphatic heterocycles. The predicted octanol–water partition coefficient (Wildman–Crippen LogP) is 3.18. The van der Waals surface area contributed by atoms with Crippen molar-refractivity contribution in [1.29, 1.82) is 0 Å². The first-order valence-corrected chi connectivity index (χ1v) is 7.09. The quantitative estimate of drug-likeness (QED) is 0.759. The standard InChI is InChI=1S/C16H21N3/c1-12-9-13(2)18-16-15(12)6-4-8-19(16)11-14-5-3-7-17-10-14/h3,5,7,10,16H,4,6,8-9,11H2,1-2H3. The fourth-order valence-corrected chi connectivity index (χ4v) is 3.18. The van der Waals surface area contributed by atoms with Crippen LogP contribution in [0.1, 0.15) is 38.7 Å². The lowest BCUT2D eigenvalue weighted by atomic mass is 9.91. The van der Waals surface area contributed by atoms with E-state index in [-0.39, 0.29) is 6.17 Å². The van der Waals surface area contributed by atoms with Gasteiger partial charge in [-0.25, -0.2) is 0 Å². The van der Waals surface area contributed by atoms with Gasteiger partial charge in [0.05, 0.1) is 0 Å². The number of fused-ring (bicyclic) bond motifs is 1. The molecule has 0 aliphatic carbocycles. The Labute approximate surface area is 115 Å². The third-order valence-electron chi connectivity index (χ3n) is 4.07. The Balaban J connectivity index is 1.83. The Morgan fingerprint density at radius 1 is 1.37 bits per heavy atom. The number of aliphatic imine (C=N–C) groups is 1. The number of nitrogens with zero attached hydrogens (tertiary/aromatic N) is 3. The van der Waals surface area contributed by atoms with Gasteiger partial charge in [0, 0.05) is 37.6 Å². The van der Waals surface area contributed by atoms with Crippen LogP contribution in [0.4, 0.5) is 0 Å². The minimum absolute atomic E-state index is 0.280. The summed E-state index contributed by atoms with van der Waals surface area (Å²) in [6.07, 6.45) is 7.60. The third kappa shape index (κ3) is 2.61. The molecule has 3 rings (SSSR count). The van der Waals surface area contributed by atoms with Crippen LogP contribution < -0.4 is 0 Å². The molecule has 0 radical (unpaired) electrons. The van der Waals surface area contributed by atoms with E-state index in [1.165, 1.54) is 29.7 Å². The SMILES string of the molecule is CC1=NC2C(=C(C)C1)CCCN2Cc1cccnc1. The second-order valence-electron chi connectivity index (χ2n) is 5.66. The van der Waals surface area contributed by atoms with E-state index >= 15 is 0 Å². The fourth-order valence-electron chi connectivity index (χ4n) is 3.18. The molecule has 0 spiro atoms. The molecule has 3 heteroatoms. The molecule has 0 saturated carbocycles. The summed E-state index contributed by atoms with van der Waals surface area (Å²) in [4.78, 5) is 11.6. The summed E-state index contributed by atoms with van der Waals surface area (Å²) in [5.74, 6) is 0. The van der Waals surface area contributed by atoms with Crippen LogP contribution in [0, 0.1) is 0 Å². The lowest BCUT2D eigenvalue weighted by Crippen LogP contribution is -2.41. The first-order chi connectivity index (χ1) is 9.24. The van der Waals surface area contributed by atoms with E-state index in [4.69, 9.17) is 4.99 Å². The highest BCUT2D eigenvalue weighted by Crippen LogP contribution is 2.32. The maximum atomic E-state index is 4.90. The van der Waals surface area contributed by atoms with Crippen molar-refractivity contribution in [2.45, 2.75) is 45.8 Å². The molecule has 1 atom stereocenters. The number of dihydropyridines is 1. The molecular formula is C16H21N3. The molecule has 3 heterocycles. The van der Waals surface area contributed by atoms with E-state index in [0.717, 1.165) is 19.5 Å². The molecule has 0 aromatic carbocycles. The van der Waals surface area contributed by atoms with Crippen molar-refractivity contribution in [2.75, 3.05) is 6.54 Å². The summed E-state index contributed by atoms with van der Waals surface area (Å²) in [6.45, 7) is 6.50. The highest BCUT2D eigenvalue weighted by molar-refractivity contribution is 5.85. The number of rotatable bonds is 2. The van der Waals surface area contributed by atoms with Gasteiger partial charge < -0.3 is 0 Å². The fraction of sp³-hybridized carbons (Fsp3) is 0.500. The molecule has 2 aliphatic rings. The van der Waals surface area contributed by atoms with Crippen LogP contribution >= 0.6 is 0 Å². The Bertz CT molecular complexity index is 516. The van der Waals surface area contributed by atoms with E-state index < -0.39 is 0 Å². The topological polar surface area (TPSA) is 28.5 Å². The Morgan fingerprint density at radius 2 is 2.26 bits per heavy atom. The maximum absolute atomic E-state index is 4.90. The largest absolute Gasteiger partial charge is 0.274 e. The lowest BCUT2D eigenvalue weighted by molar-refractivity contribution is 0.184. The molecule has 1 aromatic rings. The van der Waals surface area contributed by atoms with Gasteiger partial charge in [-0.2, -0.15) is 0 Å². The average molecular weight is 255 g/mol. The van der Waals surface area contributed by atoms with Crippen LogP contribution in [0.2, 0.25) is 0 Å². The van der Waals surface area contributed by atoms with Gasteiger partial charge in [-0.3, -0.25) is 14.9 Å². The van der Waals surface area contributed by atoms with Crippen LogP contribution in [-0.4, -0.2) is 28.3 Å². The molecule has 0 bridgehead atoms. The predicted molar refractivity (Wildman–Crippen MR) is 78.1 cm³/mol. The number of piperidine rings is 1. The van der Waals surface area contributed by atoms with Gasteiger partial charge in [-0.05, 0) is 43.9 Å². The Kier molecular flexibility index (Phi) is 3.47. The Hall–Kier alpha value is -1.48. The van der Waals surface area contributed by atoms with E-state index in [1.54, 1.807) is 5.57 Å². The van der Waals surface area contributed by atoms with Gasteiger partial charge in [0.1, 0.15) is 6.17 Å². The number of pyridine rings is 1. The molecule has 1 fully saturated rings. The molecule has 19 heavy (non-hydrogen) atoms. The van der Waals surface area contributed by atoms with Crippen molar-refractivity contribution in [3.05, 3.63) is 41.2 Å². The van der Waals surface area contributed by atoms with Crippen molar-refractivity contribution in [3.8, 4) is 0 Å². The molecule has 3 nitrogen and oxygen atoms in total. The molecular weight excluding hydrogens is 234 g/mol. The molecule has 0 N–H and O–H groups in total. The van der Waals surface area contributed by atoms with E-state index in [1.807, 2.05) is 18.5 Å². The highest BCUT2D eigenvalue weighted by Gasteiger charge is 2.29. The molecule has 0 amide bonds. The molecule has 1 unspecified atom stereocenters. The van der Waals surface area contributed by atoms with Gasteiger partial charge in [0.2, 0.25) is 0 Å². The third-order valence-corrected chi connectivity index (χ3v) is 4.07. The summed E-state index contributed by atoms with van der Waals surface area (Å²) in [6, 6.07) is 4.16. The molecule has 1 saturated heterocycles. The second kappa shape index (κ2) is 5.25. The summed E-state index contributed by atoms with van der Waals surface area (Å²) < 4.78 is 0. The van der Waals surface area contributed by atoms with E-state index in [0.29, 0.717) is 0 Å². The summed E-state index contributed by atoms with van der Waals surface area (Å²) in [5.41, 5.74) is 5.64. The zero-order chi connectivity index (χ0) is 13.2. The molecule has 100 valence electrons. The minimum Gasteiger partial charge on any atom is -0.274 e. The number of hydrogen-bond acceptors (Lipinski definition) is 3. The van der Waals surface area contributed by atoms with Crippen molar-refractivity contribution in [1.82, 2.24) is 9.88 Å². The van der Waals surface area contributed by atoms with Crippen LogP contribution in [0.25, 0.3) is 0 Å². The van der Waals surface area contributed by atoms with E-state index in [2.05, 4.69) is 29.8 Å². The number of allylic oxidation sites excluding steroid dienone is 1. The van der Waals surface area contributed by atoms with Crippen LogP contribution in [-0.2, 0) is 6.54 Å².